The first-order chi connectivity index (χ1) is 8.70. The van der Waals surface area contributed by atoms with E-state index in [0.29, 0.717) is 18.5 Å². The van der Waals surface area contributed by atoms with Crippen LogP contribution in [-0.4, -0.2) is 17.3 Å². The maximum Gasteiger partial charge on any atom is 0.320 e. The highest BCUT2D eigenvalue weighted by atomic mass is 16.5. The standard InChI is InChI=1S/C12H16N4O2/c1-8(13)11-15-16-12(18-11)14-10-6-4-3-5-9(10)7-17-2/h3-6,8H,7,13H2,1-2H3,(H,14,16). The molecule has 0 bridgehead atoms. The topological polar surface area (TPSA) is 86.2 Å². The van der Waals surface area contributed by atoms with Gasteiger partial charge in [0.25, 0.3) is 0 Å². The Morgan fingerprint density at radius 2 is 2.17 bits per heavy atom. The number of methoxy groups -OCH3 is 1. The lowest BCUT2D eigenvalue weighted by molar-refractivity contribution is 0.185. The van der Waals surface area contributed by atoms with E-state index in [1.54, 1.807) is 14.0 Å². The van der Waals surface area contributed by atoms with Crippen molar-refractivity contribution >= 4 is 11.7 Å². The number of aromatic nitrogens is 2. The van der Waals surface area contributed by atoms with E-state index in [9.17, 15) is 0 Å². The Bertz CT molecular complexity index is 510. The first kappa shape index (κ1) is 12.5. The molecule has 1 heterocycles. The van der Waals surface area contributed by atoms with Crippen LogP contribution < -0.4 is 11.1 Å². The van der Waals surface area contributed by atoms with Crippen molar-refractivity contribution in [3.8, 4) is 0 Å². The first-order valence-corrected chi connectivity index (χ1v) is 5.63. The molecule has 0 saturated heterocycles. The minimum absolute atomic E-state index is 0.276. The van der Waals surface area contributed by atoms with E-state index in [4.69, 9.17) is 14.9 Å². The average Bonchev–Trinajstić information content (AvgIpc) is 2.81. The summed E-state index contributed by atoms with van der Waals surface area (Å²) in [5, 5.41) is 10.8. The smallest absolute Gasteiger partial charge is 0.320 e. The van der Waals surface area contributed by atoms with Gasteiger partial charge in [0.05, 0.1) is 12.6 Å². The first-order valence-electron chi connectivity index (χ1n) is 5.63. The zero-order valence-electron chi connectivity index (χ0n) is 10.4. The molecule has 0 aliphatic rings. The number of rotatable bonds is 5. The van der Waals surface area contributed by atoms with E-state index in [1.807, 2.05) is 24.3 Å². The van der Waals surface area contributed by atoms with Crippen LogP contribution in [0.4, 0.5) is 11.7 Å². The van der Waals surface area contributed by atoms with Gasteiger partial charge in [-0.3, -0.25) is 0 Å². The van der Waals surface area contributed by atoms with Gasteiger partial charge in [-0.15, -0.1) is 5.10 Å². The van der Waals surface area contributed by atoms with Gasteiger partial charge in [0.2, 0.25) is 5.89 Å². The lowest BCUT2D eigenvalue weighted by Crippen LogP contribution is -2.04. The van der Waals surface area contributed by atoms with E-state index in [1.165, 1.54) is 0 Å². The highest BCUT2D eigenvalue weighted by Crippen LogP contribution is 2.21. The maximum atomic E-state index is 5.65. The molecule has 0 radical (unpaired) electrons. The maximum absolute atomic E-state index is 5.65. The Balaban J connectivity index is 2.17. The zero-order valence-corrected chi connectivity index (χ0v) is 10.4. The predicted molar refractivity (Wildman–Crippen MR) is 67.3 cm³/mol. The average molecular weight is 248 g/mol. The van der Waals surface area contributed by atoms with Gasteiger partial charge in [0.1, 0.15) is 0 Å². The molecule has 6 nitrogen and oxygen atoms in total. The largest absolute Gasteiger partial charge is 0.406 e. The Hall–Kier alpha value is -1.92. The van der Waals surface area contributed by atoms with Crippen LogP contribution in [0.2, 0.25) is 0 Å². The van der Waals surface area contributed by atoms with Gasteiger partial charge in [-0.2, -0.15) is 0 Å². The molecule has 0 aliphatic carbocycles. The third kappa shape index (κ3) is 2.85. The second-order valence-electron chi connectivity index (χ2n) is 3.95. The number of nitrogens with one attached hydrogen (secondary N) is 1. The van der Waals surface area contributed by atoms with Crippen LogP contribution in [0.15, 0.2) is 28.7 Å². The van der Waals surface area contributed by atoms with Crippen LogP contribution in [0.5, 0.6) is 0 Å². The van der Waals surface area contributed by atoms with Crippen molar-refractivity contribution in [2.24, 2.45) is 5.73 Å². The van der Waals surface area contributed by atoms with E-state index < -0.39 is 0 Å². The van der Waals surface area contributed by atoms with E-state index in [0.717, 1.165) is 11.3 Å². The van der Waals surface area contributed by atoms with E-state index in [2.05, 4.69) is 15.5 Å². The van der Waals surface area contributed by atoms with Crippen molar-refractivity contribution in [3.05, 3.63) is 35.7 Å². The fourth-order valence-corrected chi connectivity index (χ4v) is 1.51. The van der Waals surface area contributed by atoms with Crippen LogP contribution in [0.1, 0.15) is 24.4 Å². The summed E-state index contributed by atoms with van der Waals surface area (Å²) in [7, 11) is 1.65. The van der Waals surface area contributed by atoms with Gasteiger partial charge in [0.15, 0.2) is 0 Å². The van der Waals surface area contributed by atoms with Gasteiger partial charge in [-0.1, -0.05) is 23.3 Å². The summed E-state index contributed by atoms with van der Waals surface area (Å²) in [5.74, 6) is 0.404. The molecule has 1 aromatic heterocycles. The van der Waals surface area contributed by atoms with Crippen molar-refractivity contribution in [3.63, 3.8) is 0 Å². The Labute approximate surface area is 105 Å². The third-order valence-corrected chi connectivity index (χ3v) is 2.39. The molecule has 0 fully saturated rings. The minimum atomic E-state index is -0.276. The predicted octanol–water partition coefficient (Wildman–Crippen LogP) is 1.98. The Kier molecular flexibility index (Phi) is 3.91. The van der Waals surface area contributed by atoms with Crippen LogP contribution >= 0.6 is 0 Å². The summed E-state index contributed by atoms with van der Waals surface area (Å²) in [5.41, 5.74) is 7.54. The molecule has 1 aromatic carbocycles. The lowest BCUT2D eigenvalue weighted by Gasteiger charge is -2.07. The third-order valence-electron chi connectivity index (χ3n) is 2.39. The summed E-state index contributed by atoms with van der Waals surface area (Å²) < 4.78 is 10.5. The molecule has 0 amide bonds. The minimum Gasteiger partial charge on any atom is -0.406 e. The van der Waals surface area contributed by atoms with Crippen molar-refractivity contribution < 1.29 is 9.15 Å². The molecule has 18 heavy (non-hydrogen) atoms. The number of ether oxygens (including phenoxy) is 1. The number of nitrogens with two attached hydrogens (primary N) is 1. The molecule has 0 saturated carbocycles. The molecule has 2 rings (SSSR count). The monoisotopic (exact) mass is 248 g/mol. The van der Waals surface area contributed by atoms with Gasteiger partial charge < -0.3 is 20.2 Å². The molecule has 0 aliphatic heterocycles. The van der Waals surface area contributed by atoms with Gasteiger partial charge in [-0.25, -0.2) is 0 Å². The van der Waals surface area contributed by atoms with Gasteiger partial charge in [-0.05, 0) is 13.0 Å². The summed E-state index contributed by atoms with van der Waals surface area (Å²) in [6.45, 7) is 2.30. The van der Waals surface area contributed by atoms with Gasteiger partial charge >= 0.3 is 6.01 Å². The molecular weight excluding hydrogens is 232 g/mol. The summed E-state index contributed by atoms with van der Waals surface area (Å²) in [6.07, 6.45) is 0. The highest BCUT2D eigenvalue weighted by Gasteiger charge is 2.11. The zero-order chi connectivity index (χ0) is 13.0. The molecule has 2 aromatic rings. The molecule has 1 atom stereocenters. The van der Waals surface area contributed by atoms with Crippen LogP contribution in [0.3, 0.4) is 0 Å². The Morgan fingerprint density at radius 1 is 1.39 bits per heavy atom. The highest BCUT2D eigenvalue weighted by molar-refractivity contribution is 5.57. The number of para-hydroxylation sites is 1. The van der Waals surface area contributed by atoms with Crippen LogP contribution in [0, 0.1) is 0 Å². The fraction of sp³-hybridized carbons (Fsp3) is 0.333. The second kappa shape index (κ2) is 5.61. The second-order valence-corrected chi connectivity index (χ2v) is 3.95. The van der Waals surface area contributed by atoms with Crippen LogP contribution in [0.25, 0.3) is 0 Å². The summed E-state index contributed by atoms with van der Waals surface area (Å²) >= 11 is 0. The fourth-order valence-electron chi connectivity index (χ4n) is 1.51. The van der Waals surface area contributed by atoms with Crippen molar-refractivity contribution in [2.45, 2.75) is 19.6 Å². The summed E-state index contributed by atoms with van der Waals surface area (Å²) in [4.78, 5) is 0. The number of anilines is 2. The number of benzene rings is 1. The molecular formula is C12H16N4O2. The number of hydrogen-bond donors (Lipinski definition) is 2. The normalized spacial score (nSPS) is 12.4. The SMILES string of the molecule is COCc1ccccc1Nc1nnc(C(C)N)o1. The van der Waals surface area contributed by atoms with Crippen molar-refractivity contribution in [1.82, 2.24) is 10.2 Å². The van der Waals surface area contributed by atoms with E-state index in [-0.39, 0.29) is 6.04 Å². The molecule has 96 valence electrons. The molecule has 0 spiro atoms. The Morgan fingerprint density at radius 3 is 2.83 bits per heavy atom. The molecule has 3 N–H and O–H groups in total. The summed E-state index contributed by atoms with van der Waals surface area (Å²) in [6, 6.07) is 7.80. The van der Waals surface area contributed by atoms with Gasteiger partial charge in [0, 0.05) is 18.4 Å². The quantitative estimate of drug-likeness (QED) is 0.841. The van der Waals surface area contributed by atoms with Crippen LogP contribution in [-0.2, 0) is 11.3 Å². The lowest BCUT2D eigenvalue weighted by atomic mass is 10.2. The van der Waals surface area contributed by atoms with Crippen molar-refractivity contribution in [2.75, 3.05) is 12.4 Å². The van der Waals surface area contributed by atoms with Crippen molar-refractivity contribution in [1.29, 1.82) is 0 Å². The number of hydrogen-bond acceptors (Lipinski definition) is 6. The molecule has 1 unspecified atom stereocenters. The molecule has 6 heteroatoms. The van der Waals surface area contributed by atoms with E-state index >= 15 is 0 Å². The number of nitrogens with zero attached hydrogens (tertiary/aromatic N) is 2.